The normalized spacial score (nSPS) is 20.3. The number of halogens is 2. The second-order valence-corrected chi connectivity index (χ2v) is 19.1. The van der Waals surface area contributed by atoms with Crippen LogP contribution in [0.1, 0.15) is 73.1 Å². The van der Waals surface area contributed by atoms with Crippen molar-refractivity contribution in [2.45, 2.75) is 70.5 Å². The van der Waals surface area contributed by atoms with Crippen molar-refractivity contribution >= 4 is 69.2 Å². The van der Waals surface area contributed by atoms with E-state index in [9.17, 15) is 33.2 Å². The van der Waals surface area contributed by atoms with Crippen molar-refractivity contribution in [1.82, 2.24) is 30.0 Å². The molecule has 3 aromatic carbocycles. The lowest BCUT2D eigenvalue weighted by Gasteiger charge is -2.45. The lowest BCUT2D eigenvalue weighted by molar-refractivity contribution is -0.136. The Morgan fingerprint density at radius 2 is 1.44 bits per heavy atom. The predicted molar refractivity (Wildman–Crippen MR) is 260 cm³/mol. The SMILES string of the molecule is C[C@H](CNc1nccc2c1C(=O)N(C1CCC(=O)NC1=O)C2=O)N1CCN([C@@H](C)C2CCN(c3cc4nccc(Oc5ccc(NC(=O)C6(C(=O)Nc7ccc(F)cc7)CC6)cc5)c4cc3F)CC2)CC1. The zero-order valence-corrected chi connectivity index (χ0v) is 39.4. The summed E-state index contributed by atoms with van der Waals surface area (Å²) < 4.78 is 35.5. The highest BCUT2D eigenvalue weighted by molar-refractivity contribution is 6.25. The smallest absolute Gasteiger partial charge is 0.266 e. The molecular weight excluding hydrogens is 915 g/mol. The molecule has 3 atom stereocenters. The molecule has 368 valence electrons. The summed E-state index contributed by atoms with van der Waals surface area (Å²) in [6.07, 6.45) is 5.85. The molecule has 0 bridgehead atoms. The largest absolute Gasteiger partial charge is 0.457 e. The Morgan fingerprint density at radius 3 is 2.10 bits per heavy atom. The van der Waals surface area contributed by atoms with Gasteiger partial charge in [-0.05, 0) is 125 Å². The van der Waals surface area contributed by atoms with E-state index < -0.39 is 52.7 Å². The van der Waals surface area contributed by atoms with Crippen LogP contribution in [-0.2, 0) is 19.2 Å². The van der Waals surface area contributed by atoms with E-state index in [-0.39, 0.29) is 35.8 Å². The predicted octanol–water partition coefficient (Wildman–Crippen LogP) is 6.18. The molecule has 19 heteroatoms. The lowest BCUT2D eigenvalue weighted by atomic mass is 9.88. The Labute approximate surface area is 408 Å². The van der Waals surface area contributed by atoms with Gasteiger partial charge in [-0.3, -0.25) is 53.8 Å². The van der Waals surface area contributed by atoms with Gasteiger partial charge in [-0.25, -0.2) is 13.8 Å². The van der Waals surface area contributed by atoms with Gasteiger partial charge in [0.1, 0.15) is 40.4 Å². The Bertz CT molecular complexity index is 2920. The summed E-state index contributed by atoms with van der Waals surface area (Å²) in [6.45, 7) is 9.76. The molecule has 6 heterocycles. The van der Waals surface area contributed by atoms with Gasteiger partial charge in [-0.2, -0.15) is 0 Å². The van der Waals surface area contributed by atoms with Crippen LogP contribution in [0.3, 0.4) is 0 Å². The minimum absolute atomic E-state index is 0.0469. The number of carbonyl (C=O) groups is 6. The van der Waals surface area contributed by atoms with Crippen LogP contribution in [0, 0.1) is 23.0 Å². The van der Waals surface area contributed by atoms with Crippen molar-refractivity contribution < 1.29 is 42.3 Å². The number of anilines is 4. The number of nitrogens with one attached hydrogen (secondary N) is 4. The highest BCUT2D eigenvalue weighted by Crippen LogP contribution is 2.48. The molecule has 10 rings (SSSR count). The molecule has 17 nitrogen and oxygen atoms in total. The van der Waals surface area contributed by atoms with Gasteiger partial charge in [-0.15, -0.1) is 0 Å². The summed E-state index contributed by atoms with van der Waals surface area (Å²) in [5.74, 6) is -2.29. The number of nitrogens with zero attached hydrogens (tertiary/aromatic N) is 6. The van der Waals surface area contributed by atoms with Crippen LogP contribution in [0.15, 0.2) is 85.2 Å². The van der Waals surface area contributed by atoms with E-state index in [1.807, 2.05) is 0 Å². The van der Waals surface area contributed by atoms with Gasteiger partial charge in [0, 0.05) is 93.5 Å². The van der Waals surface area contributed by atoms with Crippen molar-refractivity contribution in [1.29, 1.82) is 0 Å². The molecule has 1 saturated carbocycles. The van der Waals surface area contributed by atoms with Crippen molar-refractivity contribution in [3.05, 3.63) is 108 Å². The average Bonchev–Trinajstić information content (AvgIpc) is 4.16. The molecule has 5 aromatic rings. The number of carbonyl (C=O) groups excluding carboxylic acids is 6. The summed E-state index contributed by atoms with van der Waals surface area (Å²) >= 11 is 0. The van der Waals surface area contributed by atoms with Crippen molar-refractivity contribution in [2.75, 3.05) is 66.7 Å². The summed E-state index contributed by atoms with van der Waals surface area (Å²) in [5, 5.41) is 11.6. The number of amides is 6. The van der Waals surface area contributed by atoms with E-state index >= 15 is 4.39 Å². The maximum absolute atomic E-state index is 16.0. The van der Waals surface area contributed by atoms with E-state index in [1.165, 1.54) is 42.6 Å². The summed E-state index contributed by atoms with van der Waals surface area (Å²) in [5.41, 5.74) is 1.11. The molecule has 5 aliphatic rings. The van der Waals surface area contributed by atoms with Crippen molar-refractivity contribution in [2.24, 2.45) is 11.3 Å². The number of piperidine rings is 2. The summed E-state index contributed by atoms with van der Waals surface area (Å²) in [6, 6.07) is 17.9. The van der Waals surface area contributed by atoms with Crippen molar-refractivity contribution in [3.63, 3.8) is 0 Å². The Hall–Kier alpha value is -7.38. The monoisotopic (exact) mass is 968 g/mol. The first-order chi connectivity index (χ1) is 34.3. The highest BCUT2D eigenvalue weighted by atomic mass is 19.1. The minimum Gasteiger partial charge on any atom is -0.457 e. The number of benzene rings is 3. The first-order valence-corrected chi connectivity index (χ1v) is 24.2. The number of pyridine rings is 2. The molecule has 1 unspecified atom stereocenters. The molecule has 4 aliphatic heterocycles. The molecule has 1 aliphatic carbocycles. The second-order valence-electron chi connectivity index (χ2n) is 19.1. The third kappa shape index (κ3) is 9.50. The molecule has 4 N–H and O–H groups in total. The third-order valence-corrected chi connectivity index (χ3v) is 14.9. The van der Waals surface area contributed by atoms with E-state index in [0.29, 0.717) is 89.7 Å². The van der Waals surface area contributed by atoms with Gasteiger partial charge in [0.15, 0.2) is 0 Å². The van der Waals surface area contributed by atoms with Crippen LogP contribution < -0.4 is 30.9 Å². The number of piperazine rings is 1. The molecule has 0 radical (unpaired) electrons. The first kappa shape index (κ1) is 47.3. The Kier molecular flexibility index (Phi) is 12.9. The number of ether oxygens (including phenoxy) is 1. The van der Waals surface area contributed by atoms with E-state index in [4.69, 9.17) is 4.74 Å². The number of hydrogen-bond donors (Lipinski definition) is 4. The fourth-order valence-electron chi connectivity index (χ4n) is 10.3. The number of imide groups is 2. The fraction of sp³-hybridized carbons (Fsp3) is 0.385. The van der Waals surface area contributed by atoms with Gasteiger partial charge in [0.2, 0.25) is 23.6 Å². The summed E-state index contributed by atoms with van der Waals surface area (Å²) in [4.78, 5) is 94.2. The molecule has 2 aromatic heterocycles. The van der Waals surface area contributed by atoms with E-state index in [2.05, 4.69) is 59.8 Å². The maximum atomic E-state index is 16.0. The molecular formula is C52H54F2N10O7. The zero-order valence-electron chi connectivity index (χ0n) is 39.4. The summed E-state index contributed by atoms with van der Waals surface area (Å²) in [7, 11) is 0. The van der Waals surface area contributed by atoms with Crippen LogP contribution in [0.2, 0.25) is 0 Å². The van der Waals surface area contributed by atoms with Gasteiger partial charge in [-0.1, -0.05) is 0 Å². The number of hydrogen-bond acceptors (Lipinski definition) is 13. The Morgan fingerprint density at radius 1 is 0.789 bits per heavy atom. The molecule has 6 amide bonds. The van der Waals surface area contributed by atoms with Crippen LogP contribution >= 0.6 is 0 Å². The van der Waals surface area contributed by atoms with E-state index in [0.717, 1.165) is 43.9 Å². The first-order valence-electron chi connectivity index (χ1n) is 24.2. The van der Waals surface area contributed by atoms with Gasteiger partial charge in [0.05, 0.1) is 22.3 Å². The minimum atomic E-state index is -1.20. The molecule has 4 fully saturated rings. The van der Waals surface area contributed by atoms with Gasteiger partial charge in [0.25, 0.3) is 11.8 Å². The maximum Gasteiger partial charge on any atom is 0.266 e. The molecule has 3 saturated heterocycles. The van der Waals surface area contributed by atoms with Crippen LogP contribution in [0.25, 0.3) is 10.9 Å². The number of fused-ring (bicyclic) bond motifs is 2. The Balaban J connectivity index is 0.691. The number of aromatic nitrogens is 2. The third-order valence-electron chi connectivity index (χ3n) is 14.9. The standard InChI is InChI=1S/C52H54F2N10O7/c1-30(29-57-46-45-37(13-19-56-46)48(67)64(49(45)68)41-11-12-44(65)60-47(41)66)61-23-25-62(26-24-61)31(2)32-15-21-63(22-16-32)42-28-40-38(27-39(42)54)43(14-20-55-40)71-36-9-7-35(8-10-36)59-51(70)52(17-18-52)50(69)58-34-5-3-33(53)4-6-34/h3-10,13-14,19-20,27-28,30-32,41H,11-12,15-18,21-26,29H2,1-2H3,(H,56,57)(H,58,69)(H,59,70)(H,60,65,66)/t30-,31+,41?/m1/s1. The quantitative estimate of drug-likeness (QED) is 0.0728. The van der Waals surface area contributed by atoms with Crippen LogP contribution in [0.5, 0.6) is 11.5 Å². The number of rotatable bonds is 14. The van der Waals surface area contributed by atoms with E-state index in [1.54, 1.807) is 42.6 Å². The molecule has 0 spiro atoms. The fourth-order valence-corrected chi connectivity index (χ4v) is 10.3. The van der Waals surface area contributed by atoms with Crippen molar-refractivity contribution in [3.8, 4) is 11.5 Å². The zero-order chi connectivity index (χ0) is 49.6. The topological polar surface area (TPSA) is 199 Å². The van der Waals surface area contributed by atoms with Crippen LogP contribution in [0.4, 0.5) is 31.7 Å². The second kappa shape index (κ2) is 19.4. The highest BCUT2D eigenvalue weighted by Gasteiger charge is 2.56. The van der Waals surface area contributed by atoms with Gasteiger partial charge >= 0.3 is 0 Å². The van der Waals surface area contributed by atoms with Crippen LogP contribution in [-0.4, -0.2) is 124 Å². The average molecular weight is 969 g/mol. The molecule has 71 heavy (non-hydrogen) atoms. The van der Waals surface area contributed by atoms with Gasteiger partial charge < -0.3 is 25.6 Å². The lowest BCUT2D eigenvalue weighted by Crippen LogP contribution is -2.55.